The summed E-state index contributed by atoms with van der Waals surface area (Å²) in [5, 5.41) is 13.6. The van der Waals surface area contributed by atoms with Gasteiger partial charge in [-0.25, -0.2) is 4.39 Å². The molecule has 0 unspecified atom stereocenters. The molecule has 0 fully saturated rings. The van der Waals surface area contributed by atoms with Gasteiger partial charge in [-0.15, -0.1) is 0 Å². The van der Waals surface area contributed by atoms with Gasteiger partial charge in [0.1, 0.15) is 11.9 Å². The van der Waals surface area contributed by atoms with Crippen LogP contribution in [0.25, 0.3) is 0 Å². The molecule has 7 heteroatoms. The Bertz CT molecular complexity index is 541. The third kappa shape index (κ3) is 3.28. The first-order chi connectivity index (χ1) is 9.11. The van der Waals surface area contributed by atoms with Gasteiger partial charge in [-0.1, -0.05) is 22.8 Å². The monoisotopic (exact) mass is 285 g/mol. The van der Waals surface area contributed by atoms with E-state index in [1.54, 1.807) is 6.07 Å². The molecule has 0 amide bonds. The third-order valence-electron chi connectivity index (χ3n) is 2.61. The topological polar surface area (TPSA) is 85.2 Å². The molecule has 2 aromatic rings. The van der Waals surface area contributed by atoms with Crippen molar-refractivity contribution in [2.24, 2.45) is 5.73 Å². The van der Waals surface area contributed by atoms with E-state index in [1.807, 2.05) is 0 Å². The molecule has 3 N–H and O–H groups in total. The SMILES string of the molecule is NCC[C@H](O)c1nc(Cc2c(F)cccc2Cl)no1. The molecule has 0 bridgehead atoms. The molecule has 1 aromatic heterocycles. The predicted octanol–water partition coefficient (Wildman–Crippen LogP) is 1.84. The van der Waals surface area contributed by atoms with E-state index in [1.165, 1.54) is 12.1 Å². The van der Waals surface area contributed by atoms with Crippen molar-refractivity contribution in [3.05, 3.63) is 46.3 Å². The summed E-state index contributed by atoms with van der Waals surface area (Å²) in [5.74, 6) is -0.0904. The predicted molar refractivity (Wildman–Crippen MR) is 67.1 cm³/mol. The van der Waals surface area contributed by atoms with Crippen LogP contribution < -0.4 is 5.73 Å². The molecule has 0 saturated carbocycles. The zero-order valence-electron chi connectivity index (χ0n) is 10.0. The normalized spacial score (nSPS) is 12.6. The van der Waals surface area contributed by atoms with E-state index in [-0.39, 0.29) is 18.1 Å². The second kappa shape index (κ2) is 6.10. The minimum absolute atomic E-state index is 0.0768. The minimum Gasteiger partial charge on any atom is -0.383 e. The van der Waals surface area contributed by atoms with E-state index in [9.17, 15) is 9.50 Å². The van der Waals surface area contributed by atoms with Crippen LogP contribution in [0.5, 0.6) is 0 Å². The average molecular weight is 286 g/mol. The standard InChI is InChI=1S/C12H13ClFN3O2/c13-8-2-1-3-9(14)7(8)6-11-16-12(19-17-11)10(18)4-5-15/h1-3,10,18H,4-6,15H2/t10-/m0/s1. The molecule has 19 heavy (non-hydrogen) atoms. The van der Waals surface area contributed by atoms with Gasteiger partial charge in [-0.05, 0) is 25.1 Å². The molecule has 0 aliphatic carbocycles. The van der Waals surface area contributed by atoms with Crippen molar-refractivity contribution < 1.29 is 14.0 Å². The molecular formula is C12H13ClFN3O2. The van der Waals surface area contributed by atoms with Gasteiger partial charge in [0.05, 0.1) is 0 Å². The maximum Gasteiger partial charge on any atom is 0.255 e. The molecule has 0 spiro atoms. The van der Waals surface area contributed by atoms with Crippen molar-refractivity contribution in [2.75, 3.05) is 6.54 Å². The quantitative estimate of drug-likeness (QED) is 0.875. The Morgan fingerprint density at radius 1 is 1.47 bits per heavy atom. The summed E-state index contributed by atoms with van der Waals surface area (Å²) in [6.45, 7) is 0.304. The molecule has 0 aliphatic heterocycles. The summed E-state index contributed by atoms with van der Waals surface area (Å²) in [6, 6.07) is 4.42. The van der Waals surface area contributed by atoms with E-state index >= 15 is 0 Å². The summed E-state index contributed by atoms with van der Waals surface area (Å²) in [7, 11) is 0. The van der Waals surface area contributed by atoms with E-state index in [4.69, 9.17) is 21.9 Å². The Balaban J connectivity index is 2.16. The molecule has 5 nitrogen and oxygen atoms in total. The Labute approximate surface area is 114 Å². The highest BCUT2D eigenvalue weighted by atomic mass is 35.5. The van der Waals surface area contributed by atoms with Crippen molar-refractivity contribution in [1.29, 1.82) is 0 Å². The van der Waals surface area contributed by atoms with Crippen LogP contribution in [0.3, 0.4) is 0 Å². The molecule has 102 valence electrons. The van der Waals surface area contributed by atoms with E-state index in [0.717, 1.165) is 0 Å². The summed E-state index contributed by atoms with van der Waals surface area (Å²) >= 11 is 5.91. The average Bonchev–Trinajstić information content (AvgIpc) is 2.83. The number of aromatic nitrogens is 2. The van der Waals surface area contributed by atoms with Crippen LogP contribution in [-0.2, 0) is 6.42 Å². The highest BCUT2D eigenvalue weighted by Crippen LogP contribution is 2.22. The third-order valence-corrected chi connectivity index (χ3v) is 2.96. The smallest absolute Gasteiger partial charge is 0.255 e. The molecule has 0 saturated heterocycles. The Kier molecular flexibility index (Phi) is 4.47. The van der Waals surface area contributed by atoms with Gasteiger partial charge >= 0.3 is 0 Å². The van der Waals surface area contributed by atoms with Crippen molar-refractivity contribution >= 4 is 11.6 Å². The summed E-state index contributed by atoms with van der Waals surface area (Å²) in [6.07, 6.45) is -0.478. The lowest BCUT2D eigenvalue weighted by molar-refractivity contribution is 0.127. The minimum atomic E-state index is -0.901. The van der Waals surface area contributed by atoms with Gasteiger partial charge in [0.25, 0.3) is 5.89 Å². The Morgan fingerprint density at radius 2 is 2.26 bits per heavy atom. The number of halogens is 2. The van der Waals surface area contributed by atoms with Gasteiger partial charge < -0.3 is 15.4 Å². The molecule has 1 aromatic carbocycles. The molecule has 0 radical (unpaired) electrons. The highest BCUT2D eigenvalue weighted by Gasteiger charge is 2.17. The number of hydrogen-bond acceptors (Lipinski definition) is 5. The lowest BCUT2D eigenvalue weighted by Gasteiger charge is -2.02. The van der Waals surface area contributed by atoms with Crippen molar-refractivity contribution in [1.82, 2.24) is 10.1 Å². The van der Waals surface area contributed by atoms with E-state index < -0.39 is 11.9 Å². The lowest BCUT2D eigenvalue weighted by atomic mass is 10.1. The molecule has 0 aliphatic rings. The zero-order valence-corrected chi connectivity index (χ0v) is 10.8. The summed E-state index contributed by atoms with van der Waals surface area (Å²) in [5.41, 5.74) is 5.62. The van der Waals surface area contributed by atoms with E-state index in [0.29, 0.717) is 23.6 Å². The first-order valence-electron chi connectivity index (χ1n) is 5.75. The van der Waals surface area contributed by atoms with Crippen LogP contribution in [0.4, 0.5) is 4.39 Å². The fourth-order valence-corrected chi connectivity index (χ4v) is 1.85. The molecule has 1 atom stereocenters. The van der Waals surface area contributed by atoms with Gasteiger partial charge in [0.2, 0.25) is 0 Å². The molecule has 2 rings (SSSR count). The Morgan fingerprint density at radius 3 is 2.95 bits per heavy atom. The highest BCUT2D eigenvalue weighted by molar-refractivity contribution is 6.31. The zero-order chi connectivity index (χ0) is 13.8. The molecular weight excluding hydrogens is 273 g/mol. The van der Waals surface area contributed by atoms with Gasteiger partial charge in [-0.3, -0.25) is 0 Å². The van der Waals surface area contributed by atoms with Crippen molar-refractivity contribution in [3.8, 4) is 0 Å². The van der Waals surface area contributed by atoms with Gasteiger partial charge in [0, 0.05) is 17.0 Å². The van der Waals surface area contributed by atoms with Crippen LogP contribution >= 0.6 is 11.6 Å². The number of nitrogens with zero attached hydrogens (tertiary/aromatic N) is 2. The lowest BCUT2D eigenvalue weighted by Crippen LogP contribution is -2.07. The van der Waals surface area contributed by atoms with Crippen LogP contribution in [0.1, 0.15) is 29.8 Å². The fraction of sp³-hybridized carbons (Fsp3) is 0.333. The van der Waals surface area contributed by atoms with Crippen LogP contribution in [-0.4, -0.2) is 21.8 Å². The first kappa shape index (κ1) is 13.9. The number of nitrogens with two attached hydrogens (primary N) is 1. The number of benzene rings is 1. The van der Waals surface area contributed by atoms with Crippen molar-refractivity contribution in [2.45, 2.75) is 18.9 Å². The van der Waals surface area contributed by atoms with Crippen LogP contribution in [0.15, 0.2) is 22.7 Å². The summed E-state index contributed by atoms with van der Waals surface area (Å²) < 4.78 is 18.5. The summed E-state index contributed by atoms with van der Waals surface area (Å²) in [4.78, 5) is 4.00. The van der Waals surface area contributed by atoms with Gasteiger partial charge in [-0.2, -0.15) is 4.98 Å². The maximum absolute atomic E-state index is 13.6. The fourth-order valence-electron chi connectivity index (χ4n) is 1.62. The van der Waals surface area contributed by atoms with Crippen LogP contribution in [0, 0.1) is 5.82 Å². The van der Waals surface area contributed by atoms with Crippen molar-refractivity contribution in [3.63, 3.8) is 0 Å². The Hall–Kier alpha value is -1.50. The number of aliphatic hydroxyl groups is 1. The number of aliphatic hydroxyl groups excluding tert-OH is 1. The molecule has 1 heterocycles. The number of hydrogen-bond donors (Lipinski definition) is 2. The van der Waals surface area contributed by atoms with Gasteiger partial charge in [0.15, 0.2) is 5.82 Å². The van der Waals surface area contributed by atoms with E-state index in [2.05, 4.69) is 10.1 Å². The second-order valence-corrected chi connectivity index (χ2v) is 4.43. The second-order valence-electron chi connectivity index (χ2n) is 4.02. The number of rotatable bonds is 5. The maximum atomic E-state index is 13.6. The largest absolute Gasteiger partial charge is 0.383 e. The first-order valence-corrected chi connectivity index (χ1v) is 6.13. The van der Waals surface area contributed by atoms with Crippen LogP contribution in [0.2, 0.25) is 5.02 Å².